The standard InChI is InChI=1S/C24H25N3O3S/c1-16-4-6-17(7-5-16)21-12-14-31-22(21)23(28)26-18-8-10-19(11-9-18)27-24(29)25-15-20-3-2-13-30-20/h4-12,14,20H,2-3,13,15H2,1H3,(H,26,28)(H2,25,27,29). The van der Waals surface area contributed by atoms with Gasteiger partial charge in [-0.05, 0) is 61.0 Å². The van der Waals surface area contributed by atoms with Crippen LogP contribution in [-0.4, -0.2) is 31.2 Å². The molecule has 1 aromatic heterocycles. The Kier molecular flexibility index (Phi) is 6.64. The second-order valence-electron chi connectivity index (χ2n) is 7.53. The van der Waals surface area contributed by atoms with Gasteiger partial charge in [-0.2, -0.15) is 0 Å². The molecular formula is C24H25N3O3S. The Morgan fingerprint density at radius 1 is 1.00 bits per heavy atom. The molecule has 160 valence electrons. The van der Waals surface area contributed by atoms with Crippen molar-refractivity contribution < 1.29 is 14.3 Å². The highest BCUT2D eigenvalue weighted by molar-refractivity contribution is 7.12. The Balaban J connectivity index is 1.34. The monoisotopic (exact) mass is 435 g/mol. The van der Waals surface area contributed by atoms with E-state index in [1.54, 1.807) is 24.3 Å². The molecule has 1 aliphatic heterocycles. The lowest BCUT2D eigenvalue weighted by atomic mass is 10.0. The molecule has 3 amide bonds. The number of aryl methyl sites for hydroxylation is 1. The van der Waals surface area contributed by atoms with E-state index in [0.717, 1.165) is 30.6 Å². The summed E-state index contributed by atoms with van der Waals surface area (Å²) in [5.41, 5.74) is 4.44. The second-order valence-corrected chi connectivity index (χ2v) is 8.45. The third kappa shape index (κ3) is 5.51. The Labute approximate surface area is 185 Å². The molecule has 0 radical (unpaired) electrons. The van der Waals surface area contributed by atoms with E-state index >= 15 is 0 Å². The van der Waals surface area contributed by atoms with E-state index in [2.05, 4.69) is 16.0 Å². The fraction of sp³-hybridized carbons (Fsp3) is 0.250. The topological polar surface area (TPSA) is 79.5 Å². The van der Waals surface area contributed by atoms with Crippen LogP contribution in [0, 0.1) is 6.92 Å². The lowest BCUT2D eigenvalue weighted by Gasteiger charge is -2.12. The number of urea groups is 1. The number of nitrogens with one attached hydrogen (secondary N) is 3. The Morgan fingerprint density at radius 2 is 1.71 bits per heavy atom. The third-order valence-corrected chi connectivity index (χ3v) is 6.06. The van der Waals surface area contributed by atoms with Crippen molar-refractivity contribution in [2.24, 2.45) is 0 Å². The molecule has 0 bridgehead atoms. The van der Waals surface area contributed by atoms with E-state index in [4.69, 9.17) is 4.74 Å². The first kappa shape index (κ1) is 21.1. The van der Waals surface area contributed by atoms with Gasteiger partial charge in [-0.25, -0.2) is 4.79 Å². The van der Waals surface area contributed by atoms with E-state index in [1.807, 2.05) is 42.6 Å². The van der Waals surface area contributed by atoms with Gasteiger partial charge in [0.1, 0.15) is 0 Å². The minimum Gasteiger partial charge on any atom is -0.376 e. The Bertz CT molecular complexity index is 1040. The Hall–Kier alpha value is -3.16. The van der Waals surface area contributed by atoms with Gasteiger partial charge in [0.2, 0.25) is 0 Å². The quantitative estimate of drug-likeness (QED) is 0.493. The van der Waals surface area contributed by atoms with Crippen molar-refractivity contribution in [1.82, 2.24) is 5.32 Å². The van der Waals surface area contributed by atoms with Gasteiger partial charge >= 0.3 is 6.03 Å². The number of benzene rings is 2. The highest BCUT2D eigenvalue weighted by Crippen LogP contribution is 2.29. The molecule has 0 aliphatic carbocycles. The average Bonchev–Trinajstić information content (AvgIpc) is 3.46. The van der Waals surface area contributed by atoms with Gasteiger partial charge in [-0.3, -0.25) is 4.79 Å². The van der Waals surface area contributed by atoms with Gasteiger partial charge in [0.15, 0.2) is 0 Å². The minimum atomic E-state index is -0.270. The fourth-order valence-corrected chi connectivity index (χ4v) is 4.27. The molecule has 6 nitrogen and oxygen atoms in total. The summed E-state index contributed by atoms with van der Waals surface area (Å²) < 4.78 is 5.50. The Morgan fingerprint density at radius 3 is 2.39 bits per heavy atom. The predicted octanol–water partition coefficient (Wildman–Crippen LogP) is 5.28. The largest absolute Gasteiger partial charge is 0.376 e. The zero-order valence-corrected chi connectivity index (χ0v) is 18.1. The third-order valence-electron chi connectivity index (χ3n) is 5.15. The van der Waals surface area contributed by atoms with Crippen LogP contribution >= 0.6 is 11.3 Å². The zero-order chi connectivity index (χ0) is 21.6. The van der Waals surface area contributed by atoms with Crippen molar-refractivity contribution in [3.63, 3.8) is 0 Å². The molecule has 7 heteroatoms. The number of hydrogen-bond acceptors (Lipinski definition) is 4. The number of rotatable bonds is 6. The molecule has 3 N–H and O–H groups in total. The highest BCUT2D eigenvalue weighted by atomic mass is 32.1. The molecule has 1 unspecified atom stereocenters. The summed E-state index contributed by atoms with van der Waals surface area (Å²) in [4.78, 5) is 25.5. The van der Waals surface area contributed by atoms with Gasteiger partial charge < -0.3 is 20.7 Å². The average molecular weight is 436 g/mol. The predicted molar refractivity (Wildman–Crippen MR) is 125 cm³/mol. The van der Waals surface area contributed by atoms with Crippen molar-refractivity contribution >= 4 is 34.6 Å². The second kappa shape index (κ2) is 9.76. The number of amides is 3. The number of thiophene rings is 1. The molecule has 4 rings (SSSR count). The molecule has 1 aliphatic rings. The highest BCUT2D eigenvalue weighted by Gasteiger charge is 2.17. The van der Waals surface area contributed by atoms with Crippen LogP contribution in [0.5, 0.6) is 0 Å². The van der Waals surface area contributed by atoms with Crippen molar-refractivity contribution in [3.8, 4) is 11.1 Å². The van der Waals surface area contributed by atoms with E-state index < -0.39 is 0 Å². The summed E-state index contributed by atoms with van der Waals surface area (Å²) in [6.45, 7) is 3.31. The maximum absolute atomic E-state index is 12.8. The summed E-state index contributed by atoms with van der Waals surface area (Å²) in [5, 5.41) is 10.5. The van der Waals surface area contributed by atoms with Gasteiger partial charge in [-0.1, -0.05) is 29.8 Å². The SMILES string of the molecule is Cc1ccc(-c2ccsc2C(=O)Nc2ccc(NC(=O)NCC3CCCO3)cc2)cc1. The van der Waals surface area contributed by atoms with Crippen molar-refractivity contribution in [2.75, 3.05) is 23.8 Å². The summed E-state index contributed by atoms with van der Waals surface area (Å²) in [6.07, 6.45) is 2.12. The minimum absolute atomic E-state index is 0.102. The molecule has 0 spiro atoms. The first-order chi connectivity index (χ1) is 15.1. The van der Waals surface area contributed by atoms with Gasteiger partial charge in [0.25, 0.3) is 5.91 Å². The van der Waals surface area contributed by atoms with Crippen LogP contribution in [0.1, 0.15) is 28.1 Å². The molecule has 1 saturated heterocycles. The van der Waals surface area contributed by atoms with Crippen LogP contribution in [0.2, 0.25) is 0 Å². The van der Waals surface area contributed by atoms with E-state index in [1.165, 1.54) is 16.9 Å². The molecule has 1 atom stereocenters. The molecular weight excluding hydrogens is 410 g/mol. The number of ether oxygens (including phenoxy) is 1. The van der Waals surface area contributed by atoms with Crippen molar-refractivity contribution in [3.05, 3.63) is 70.4 Å². The van der Waals surface area contributed by atoms with E-state index in [9.17, 15) is 9.59 Å². The van der Waals surface area contributed by atoms with Crippen molar-refractivity contribution in [1.29, 1.82) is 0 Å². The van der Waals surface area contributed by atoms with Crippen LogP contribution in [0.25, 0.3) is 11.1 Å². The molecule has 1 fully saturated rings. The molecule has 2 heterocycles. The van der Waals surface area contributed by atoms with Crippen LogP contribution in [0.3, 0.4) is 0 Å². The van der Waals surface area contributed by atoms with Crippen LogP contribution in [0.15, 0.2) is 60.0 Å². The lowest BCUT2D eigenvalue weighted by molar-refractivity contribution is 0.103. The maximum Gasteiger partial charge on any atom is 0.319 e. The molecule has 2 aromatic carbocycles. The molecule has 3 aromatic rings. The van der Waals surface area contributed by atoms with Crippen LogP contribution in [-0.2, 0) is 4.74 Å². The lowest BCUT2D eigenvalue weighted by Crippen LogP contribution is -2.35. The first-order valence-electron chi connectivity index (χ1n) is 10.3. The van der Waals surface area contributed by atoms with Crippen LogP contribution in [0.4, 0.5) is 16.2 Å². The van der Waals surface area contributed by atoms with Gasteiger partial charge in [-0.15, -0.1) is 11.3 Å². The van der Waals surface area contributed by atoms with Gasteiger partial charge in [0.05, 0.1) is 11.0 Å². The maximum atomic E-state index is 12.8. The van der Waals surface area contributed by atoms with Gasteiger partial charge in [0, 0.05) is 30.1 Å². The molecule has 31 heavy (non-hydrogen) atoms. The number of carbonyl (C=O) groups is 2. The summed E-state index contributed by atoms with van der Waals surface area (Å²) >= 11 is 1.42. The zero-order valence-electron chi connectivity index (χ0n) is 17.3. The van der Waals surface area contributed by atoms with E-state index in [0.29, 0.717) is 22.8 Å². The number of hydrogen-bond donors (Lipinski definition) is 3. The first-order valence-corrected chi connectivity index (χ1v) is 11.2. The summed E-state index contributed by atoms with van der Waals surface area (Å²) in [7, 11) is 0. The summed E-state index contributed by atoms with van der Waals surface area (Å²) in [5.74, 6) is -0.152. The fourth-order valence-electron chi connectivity index (χ4n) is 3.46. The number of carbonyl (C=O) groups excluding carboxylic acids is 2. The van der Waals surface area contributed by atoms with Crippen molar-refractivity contribution in [2.45, 2.75) is 25.9 Å². The number of anilines is 2. The smallest absolute Gasteiger partial charge is 0.319 e. The normalized spacial score (nSPS) is 15.5. The van der Waals surface area contributed by atoms with E-state index in [-0.39, 0.29) is 18.0 Å². The molecule has 0 saturated carbocycles. The van der Waals surface area contributed by atoms with Crippen LogP contribution < -0.4 is 16.0 Å². The summed E-state index contributed by atoms with van der Waals surface area (Å²) in [6, 6.07) is 16.9.